The largest absolute Gasteiger partial charge is 0.328 e. The van der Waals surface area contributed by atoms with E-state index in [9.17, 15) is 0 Å². The number of hydrogen-bond donors (Lipinski definition) is 1. The van der Waals surface area contributed by atoms with Crippen LogP contribution in [-0.2, 0) is 0 Å². The Hall–Kier alpha value is -0.890. The molecule has 2 nitrogen and oxygen atoms in total. The van der Waals surface area contributed by atoms with Gasteiger partial charge in [-0.15, -0.1) is 0 Å². The van der Waals surface area contributed by atoms with Crippen LogP contribution in [0.1, 0.15) is 44.6 Å². The molecule has 0 aliphatic carbocycles. The van der Waals surface area contributed by atoms with Crippen LogP contribution in [0.3, 0.4) is 0 Å². The monoisotopic (exact) mass is 192 g/mol. The fourth-order valence-electron chi connectivity index (χ4n) is 1.50. The van der Waals surface area contributed by atoms with Gasteiger partial charge in [0.25, 0.3) is 0 Å². The Kier molecular flexibility index (Phi) is 4.60. The summed E-state index contributed by atoms with van der Waals surface area (Å²) >= 11 is 0. The van der Waals surface area contributed by atoms with Crippen LogP contribution in [0.5, 0.6) is 0 Å². The van der Waals surface area contributed by atoms with Crippen molar-refractivity contribution in [2.45, 2.75) is 45.1 Å². The molecule has 0 aromatic carbocycles. The normalized spacial score (nSPS) is 15.1. The van der Waals surface area contributed by atoms with E-state index in [1.54, 1.807) is 0 Å². The highest BCUT2D eigenvalue weighted by molar-refractivity contribution is 5.13. The van der Waals surface area contributed by atoms with E-state index in [-0.39, 0.29) is 0 Å². The standard InChI is InChI=1S/C12H20N2/c1-3-12(13)7-6-10(2)11-5-4-8-14-9-11/h4-5,8-10,12H,3,6-7,13H2,1-2H3. The second-order valence-corrected chi connectivity index (χ2v) is 3.93. The molecule has 14 heavy (non-hydrogen) atoms. The Bertz CT molecular complexity index is 246. The molecule has 0 spiro atoms. The highest BCUT2D eigenvalue weighted by Crippen LogP contribution is 2.20. The molecule has 1 aromatic heterocycles. The minimum atomic E-state index is 0.356. The Balaban J connectivity index is 2.39. The molecular formula is C12H20N2. The van der Waals surface area contributed by atoms with Crippen molar-refractivity contribution in [3.63, 3.8) is 0 Å². The zero-order valence-corrected chi connectivity index (χ0v) is 9.11. The van der Waals surface area contributed by atoms with Gasteiger partial charge in [0.1, 0.15) is 0 Å². The predicted molar refractivity (Wildman–Crippen MR) is 60.2 cm³/mol. The summed E-state index contributed by atoms with van der Waals surface area (Å²) in [7, 11) is 0. The average molecular weight is 192 g/mol. The Morgan fingerprint density at radius 3 is 2.79 bits per heavy atom. The van der Waals surface area contributed by atoms with E-state index in [0.29, 0.717) is 12.0 Å². The second kappa shape index (κ2) is 5.76. The minimum absolute atomic E-state index is 0.356. The van der Waals surface area contributed by atoms with Crippen molar-refractivity contribution in [2.24, 2.45) is 5.73 Å². The maximum Gasteiger partial charge on any atom is 0.0302 e. The van der Waals surface area contributed by atoms with E-state index < -0.39 is 0 Å². The van der Waals surface area contributed by atoms with E-state index in [4.69, 9.17) is 5.73 Å². The van der Waals surface area contributed by atoms with E-state index in [1.807, 2.05) is 18.5 Å². The maximum atomic E-state index is 5.88. The second-order valence-electron chi connectivity index (χ2n) is 3.93. The van der Waals surface area contributed by atoms with Crippen LogP contribution in [0.2, 0.25) is 0 Å². The lowest BCUT2D eigenvalue weighted by atomic mass is 9.95. The molecule has 0 aliphatic rings. The van der Waals surface area contributed by atoms with Gasteiger partial charge >= 0.3 is 0 Å². The summed E-state index contributed by atoms with van der Waals surface area (Å²) < 4.78 is 0. The third kappa shape index (κ3) is 3.46. The van der Waals surface area contributed by atoms with E-state index in [0.717, 1.165) is 19.3 Å². The molecule has 2 atom stereocenters. The van der Waals surface area contributed by atoms with Gasteiger partial charge in [-0.1, -0.05) is 19.9 Å². The van der Waals surface area contributed by atoms with E-state index >= 15 is 0 Å². The van der Waals surface area contributed by atoms with Gasteiger partial charge in [-0.3, -0.25) is 4.98 Å². The summed E-state index contributed by atoms with van der Waals surface area (Å²) in [4.78, 5) is 4.12. The van der Waals surface area contributed by atoms with Gasteiger partial charge in [0.2, 0.25) is 0 Å². The highest BCUT2D eigenvalue weighted by atomic mass is 14.6. The third-order valence-electron chi connectivity index (χ3n) is 2.75. The van der Waals surface area contributed by atoms with Crippen molar-refractivity contribution in [2.75, 3.05) is 0 Å². The van der Waals surface area contributed by atoms with Gasteiger partial charge < -0.3 is 5.73 Å². The van der Waals surface area contributed by atoms with Gasteiger partial charge in [-0.2, -0.15) is 0 Å². The molecule has 2 N–H and O–H groups in total. The number of rotatable bonds is 5. The molecule has 1 heterocycles. The van der Waals surface area contributed by atoms with Crippen molar-refractivity contribution in [3.8, 4) is 0 Å². The van der Waals surface area contributed by atoms with Gasteiger partial charge in [0.05, 0.1) is 0 Å². The summed E-state index contributed by atoms with van der Waals surface area (Å²) in [5.74, 6) is 0.571. The number of aromatic nitrogens is 1. The molecule has 0 saturated heterocycles. The van der Waals surface area contributed by atoms with Crippen molar-refractivity contribution in [1.82, 2.24) is 4.98 Å². The summed E-state index contributed by atoms with van der Waals surface area (Å²) in [5, 5.41) is 0. The zero-order chi connectivity index (χ0) is 10.4. The van der Waals surface area contributed by atoms with Crippen molar-refractivity contribution in [1.29, 1.82) is 0 Å². The summed E-state index contributed by atoms with van der Waals surface area (Å²) in [6, 6.07) is 4.48. The lowest BCUT2D eigenvalue weighted by Crippen LogP contribution is -2.18. The van der Waals surface area contributed by atoms with Gasteiger partial charge in [0.15, 0.2) is 0 Å². The fourth-order valence-corrected chi connectivity index (χ4v) is 1.50. The molecule has 0 fully saturated rings. The number of nitrogens with zero attached hydrogens (tertiary/aromatic N) is 1. The smallest absolute Gasteiger partial charge is 0.0302 e. The van der Waals surface area contributed by atoms with E-state index in [1.165, 1.54) is 5.56 Å². The molecular weight excluding hydrogens is 172 g/mol. The lowest BCUT2D eigenvalue weighted by molar-refractivity contribution is 0.530. The molecule has 0 amide bonds. The van der Waals surface area contributed by atoms with Crippen LogP contribution >= 0.6 is 0 Å². The first kappa shape index (κ1) is 11.2. The molecule has 1 aromatic rings. The molecule has 0 aliphatic heterocycles. The summed E-state index contributed by atoms with van der Waals surface area (Å²) in [5.41, 5.74) is 7.20. The fraction of sp³-hybridized carbons (Fsp3) is 0.583. The first-order chi connectivity index (χ1) is 6.74. The molecule has 0 bridgehead atoms. The first-order valence-corrected chi connectivity index (χ1v) is 5.39. The van der Waals surface area contributed by atoms with Crippen molar-refractivity contribution >= 4 is 0 Å². The quantitative estimate of drug-likeness (QED) is 0.779. The molecule has 2 heteroatoms. The molecule has 0 radical (unpaired) electrons. The number of hydrogen-bond acceptors (Lipinski definition) is 2. The van der Waals surface area contributed by atoms with Gasteiger partial charge in [-0.25, -0.2) is 0 Å². The first-order valence-electron chi connectivity index (χ1n) is 5.39. The SMILES string of the molecule is CCC(N)CCC(C)c1cccnc1. The lowest BCUT2D eigenvalue weighted by Gasteiger charge is -2.14. The number of pyridine rings is 1. The van der Waals surface area contributed by atoms with Crippen LogP contribution in [-0.4, -0.2) is 11.0 Å². The van der Waals surface area contributed by atoms with Crippen LogP contribution in [0.4, 0.5) is 0 Å². The number of nitrogens with two attached hydrogens (primary N) is 1. The van der Waals surface area contributed by atoms with Gasteiger partial charge in [0, 0.05) is 18.4 Å². The van der Waals surface area contributed by atoms with Crippen LogP contribution < -0.4 is 5.73 Å². The van der Waals surface area contributed by atoms with Crippen molar-refractivity contribution in [3.05, 3.63) is 30.1 Å². The molecule has 1 rings (SSSR count). The highest BCUT2D eigenvalue weighted by Gasteiger charge is 2.07. The predicted octanol–water partition coefficient (Wildman–Crippen LogP) is 2.70. The molecule has 78 valence electrons. The van der Waals surface area contributed by atoms with Crippen molar-refractivity contribution < 1.29 is 0 Å². The molecule has 0 saturated carbocycles. The maximum absolute atomic E-state index is 5.88. The zero-order valence-electron chi connectivity index (χ0n) is 9.11. The summed E-state index contributed by atoms with van der Waals surface area (Å²) in [6.07, 6.45) is 7.09. The minimum Gasteiger partial charge on any atom is -0.328 e. The van der Waals surface area contributed by atoms with Crippen LogP contribution in [0, 0.1) is 0 Å². The topological polar surface area (TPSA) is 38.9 Å². The van der Waals surface area contributed by atoms with Gasteiger partial charge in [-0.05, 0) is 36.8 Å². The van der Waals surface area contributed by atoms with Crippen LogP contribution in [0.15, 0.2) is 24.5 Å². The third-order valence-corrected chi connectivity index (χ3v) is 2.75. The van der Waals surface area contributed by atoms with Crippen LogP contribution in [0.25, 0.3) is 0 Å². The Morgan fingerprint density at radius 2 is 2.21 bits per heavy atom. The summed E-state index contributed by atoms with van der Waals surface area (Å²) in [6.45, 7) is 4.37. The van der Waals surface area contributed by atoms with E-state index in [2.05, 4.69) is 24.9 Å². The average Bonchev–Trinajstić information content (AvgIpc) is 2.26. The molecule has 2 unspecified atom stereocenters. The Labute approximate surface area is 86.5 Å². The Morgan fingerprint density at radius 1 is 1.43 bits per heavy atom.